The van der Waals surface area contributed by atoms with Gasteiger partial charge >= 0.3 is 0 Å². The predicted molar refractivity (Wildman–Crippen MR) is 92.8 cm³/mol. The number of piperidine rings is 1. The predicted octanol–water partition coefficient (Wildman–Crippen LogP) is 0.120. The molecule has 2 fully saturated rings. The van der Waals surface area contributed by atoms with Gasteiger partial charge in [0.1, 0.15) is 12.2 Å². The minimum Gasteiger partial charge on any atom is -0.353 e. The van der Waals surface area contributed by atoms with E-state index in [1.165, 1.54) is 0 Å². The smallest absolute Gasteiger partial charge is 0.237 e. The molecule has 3 rings (SSSR count). The van der Waals surface area contributed by atoms with Gasteiger partial charge in [0.15, 0.2) is 0 Å². The lowest BCUT2D eigenvalue weighted by molar-refractivity contribution is -0.140. The maximum absolute atomic E-state index is 12.7. The monoisotopic (exact) mass is 348 g/mol. The summed E-state index contributed by atoms with van der Waals surface area (Å²) in [5.74, 6) is 1.39. The second-order valence-electron chi connectivity index (χ2n) is 7.30. The molecule has 2 aliphatic rings. The van der Waals surface area contributed by atoms with Gasteiger partial charge in [-0.3, -0.25) is 14.5 Å². The van der Waals surface area contributed by atoms with E-state index in [0.29, 0.717) is 25.6 Å². The van der Waals surface area contributed by atoms with Gasteiger partial charge in [0.25, 0.3) is 0 Å². The first-order valence-electron chi connectivity index (χ1n) is 9.12. The van der Waals surface area contributed by atoms with Gasteiger partial charge in [-0.05, 0) is 26.7 Å². The lowest BCUT2D eigenvalue weighted by atomic mass is 9.95. The molecule has 2 amide bonds. The first kappa shape index (κ1) is 17.8. The minimum absolute atomic E-state index is 0.0257. The third-order valence-corrected chi connectivity index (χ3v) is 5.36. The van der Waals surface area contributed by atoms with Crippen molar-refractivity contribution in [1.29, 1.82) is 0 Å². The minimum atomic E-state index is -0.349. The molecule has 1 atom stereocenters. The van der Waals surface area contributed by atoms with Crippen LogP contribution in [0.25, 0.3) is 0 Å². The number of nitrogens with zero attached hydrogens (tertiary/aromatic N) is 5. The Morgan fingerprint density at radius 2 is 2.04 bits per heavy atom. The Kier molecular flexibility index (Phi) is 5.36. The number of rotatable bonds is 4. The fraction of sp³-hybridized carbons (Fsp3) is 0.765. The van der Waals surface area contributed by atoms with Crippen LogP contribution in [0.1, 0.15) is 44.9 Å². The maximum Gasteiger partial charge on any atom is 0.237 e. The molecule has 25 heavy (non-hydrogen) atoms. The van der Waals surface area contributed by atoms with Crippen LogP contribution < -0.4 is 5.32 Å². The number of hydrogen-bond donors (Lipinski definition) is 1. The van der Waals surface area contributed by atoms with Crippen molar-refractivity contribution in [2.75, 3.05) is 26.2 Å². The van der Waals surface area contributed by atoms with Crippen molar-refractivity contribution in [3.8, 4) is 0 Å². The molecule has 0 spiro atoms. The topological polar surface area (TPSA) is 83.4 Å². The number of piperazine rings is 1. The molecule has 0 aliphatic carbocycles. The third kappa shape index (κ3) is 3.84. The van der Waals surface area contributed by atoms with Crippen molar-refractivity contribution >= 4 is 11.8 Å². The summed E-state index contributed by atoms with van der Waals surface area (Å²) in [6.45, 7) is 7.03. The van der Waals surface area contributed by atoms with Crippen LogP contribution in [0.5, 0.6) is 0 Å². The maximum atomic E-state index is 12.7. The van der Waals surface area contributed by atoms with Gasteiger partial charge in [0.05, 0.1) is 12.5 Å². The molecular weight excluding hydrogens is 320 g/mol. The van der Waals surface area contributed by atoms with E-state index in [4.69, 9.17) is 0 Å². The molecule has 2 saturated heterocycles. The van der Waals surface area contributed by atoms with Crippen molar-refractivity contribution in [2.45, 2.75) is 51.1 Å². The molecular formula is C17H28N6O2. The Hall–Kier alpha value is -1.96. The van der Waals surface area contributed by atoms with Crippen LogP contribution in [0.15, 0.2) is 6.33 Å². The number of carbonyl (C=O) groups is 2. The number of likely N-dealkylation sites (tertiary alicyclic amines) is 1. The van der Waals surface area contributed by atoms with Gasteiger partial charge in [0, 0.05) is 45.2 Å². The number of nitrogens with one attached hydrogen (secondary N) is 1. The van der Waals surface area contributed by atoms with Crippen LogP contribution in [-0.2, 0) is 16.6 Å². The summed E-state index contributed by atoms with van der Waals surface area (Å²) < 4.78 is 1.95. The van der Waals surface area contributed by atoms with E-state index in [-0.39, 0.29) is 30.3 Å². The highest BCUT2D eigenvalue weighted by atomic mass is 16.2. The Labute approximate surface area is 148 Å². The molecule has 1 aromatic heterocycles. The number of aromatic nitrogens is 3. The first-order chi connectivity index (χ1) is 12.0. The Bertz CT molecular complexity index is 620. The molecule has 2 aliphatic heterocycles. The molecule has 1 N–H and O–H groups in total. The van der Waals surface area contributed by atoms with E-state index in [1.54, 1.807) is 6.33 Å². The summed E-state index contributed by atoms with van der Waals surface area (Å²) in [6, 6.07) is -0.0942. The molecule has 138 valence electrons. The largest absolute Gasteiger partial charge is 0.353 e. The van der Waals surface area contributed by atoms with Gasteiger partial charge < -0.3 is 14.8 Å². The second kappa shape index (κ2) is 7.51. The van der Waals surface area contributed by atoms with Crippen LogP contribution in [-0.4, -0.2) is 74.6 Å². The van der Waals surface area contributed by atoms with Gasteiger partial charge in [-0.2, -0.15) is 0 Å². The normalized spacial score (nSPS) is 23.1. The van der Waals surface area contributed by atoms with E-state index in [0.717, 1.165) is 25.2 Å². The van der Waals surface area contributed by atoms with Crippen LogP contribution in [0.2, 0.25) is 0 Å². The summed E-state index contributed by atoms with van der Waals surface area (Å²) in [7, 11) is 1.95. The summed E-state index contributed by atoms with van der Waals surface area (Å²) in [6.07, 6.45) is 3.76. The number of carbonyl (C=O) groups excluding carboxylic acids is 2. The standard InChI is InChI=1S/C17H28N6O2/c1-12(2)23-9-6-18-17(25)14(23)10-15(24)22-7-4-13(5-8-22)16-20-19-11-21(16)3/h11-14H,4-10H2,1-3H3,(H,18,25)/t14-/m0/s1. The quantitative estimate of drug-likeness (QED) is 0.836. The van der Waals surface area contributed by atoms with Gasteiger partial charge in [-0.25, -0.2) is 0 Å². The number of hydrogen-bond acceptors (Lipinski definition) is 5. The van der Waals surface area contributed by atoms with Gasteiger partial charge in [-0.15, -0.1) is 10.2 Å². The van der Waals surface area contributed by atoms with Crippen LogP contribution in [0, 0.1) is 0 Å². The Morgan fingerprint density at radius 3 is 2.64 bits per heavy atom. The lowest BCUT2D eigenvalue weighted by Gasteiger charge is -2.39. The van der Waals surface area contributed by atoms with E-state index >= 15 is 0 Å². The summed E-state index contributed by atoms with van der Waals surface area (Å²) in [4.78, 5) is 29.0. The first-order valence-corrected chi connectivity index (χ1v) is 9.12. The summed E-state index contributed by atoms with van der Waals surface area (Å²) in [5.41, 5.74) is 0. The lowest BCUT2D eigenvalue weighted by Crippen LogP contribution is -2.58. The molecule has 1 aromatic rings. The molecule has 8 heteroatoms. The molecule has 8 nitrogen and oxygen atoms in total. The third-order valence-electron chi connectivity index (χ3n) is 5.36. The highest BCUT2D eigenvalue weighted by Crippen LogP contribution is 2.27. The summed E-state index contributed by atoms with van der Waals surface area (Å²) >= 11 is 0. The van der Waals surface area contributed by atoms with Gasteiger partial charge in [-0.1, -0.05) is 0 Å². The second-order valence-corrected chi connectivity index (χ2v) is 7.30. The van der Waals surface area contributed by atoms with Crippen molar-refractivity contribution in [1.82, 2.24) is 29.9 Å². The number of amides is 2. The zero-order valence-electron chi connectivity index (χ0n) is 15.3. The molecule has 0 unspecified atom stereocenters. The zero-order valence-corrected chi connectivity index (χ0v) is 15.3. The fourth-order valence-corrected chi connectivity index (χ4v) is 3.90. The van der Waals surface area contributed by atoms with Gasteiger partial charge in [0.2, 0.25) is 11.8 Å². The Morgan fingerprint density at radius 1 is 1.32 bits per heavy atom. The molecule has 0 radical (unpaired) electrons. The van der Waals surface area contributed by atoms with Crippen molar-refractivity contribution < 1.29 is 9.59 Å². The summed E-state index contributed by atoms with van der Waals surface area (Å²) in [5, 5.41) is 11.0. The number of aryl methyl sites for hydroxylation is 1. The fourth-order valence-electron chi connectivity index (χ4n) is 3.90. The average molecular weight is 348 g/mol. The van der Waals surface area contributed by atoms with E-state index in [1.807, 2.05) is 16.5 Å². The van der Waals surface area contributed by atoms with E-state index < -0.39 is 0 Å². The molecule has 0 bridgehead atoms. The van der Waals surface area contributed by atoms with E-state index in [2.05, 4.69) is 34.3 Å². The Balaban J connectivity index is 1.57. The van der Waals surface area contributed by atoms with Crippen LogP contribution in [0.3, 0.4) is 0 Å². The van der Waals surface area contributed by atoms with E-state index in [9.17, 15) is 9.59 Å². The van der Waals surface area contributed by atoms with Crippen molar-refractivity contribution in [3.63, 3.8) is 0 Å². The molecule has 0 saturated carbocycles. The highest BCUT2D eigenvalue weighted by Gasteiger charge is 2.35. The zero-order chi connectivity index (χ0) is 18.0. The average Bonchev–Trinajstić information content (AvgIpc) is 3.02. The highest BCUT2D eigenvalue weighted by molar-refractivity contribution is 5.89. The van der Waals surface area contributed by atoms with Crippen molar-refractivity contribution in [2.24, 2.45) is 7.05 Å². The van der Waals surface area contributed by atoms with Crippen LogP contribution in [0.4, 0.5) is 0 Å². The van der Waals surface area contributed by atoms with Crippen molar-refractivity contribution in [3.05, 3.63) is 12.2 Å². The van der Waals surface area contributed by atoms with Crippen LogP contribution >= 0.6 is 0 Å². The molecule has 0 aromatic carbocycles. The molecule has 3 heterocycles. The SMILES string of the molecule is CC(C)N1CCNC(=O)[C@@H]1CC(=O)N1CCC(c2nncn2C)CC1.